The third kappa shape index (κ3) is 2.29. The van der Waals surface area contributed by atoms with Gasteiger partial charge in [-0.05, 0) is 60.2 Å². The summed E-state index contributed by atoms with van der Waals surface area (Å²) >= 11 is 0. The van der Waals surface area contributed by atoms with Gasteiger partial charge in [0.2, 0.25) is 0 Å². The van der Waals surface area contributed by atoms with E-state index in [0.29, 0.717) is 35.4 Å². The fraction of sp³-hybridized carbons (Fsp3) is 0.909. The SMILES string of the molecule is CC(=O)O[C@@H]1C[C@]2(C)CC[C@@]3(C)CC(=O)[C@@]4(C)C[C@H]4[C@@H]3[C@H]2[C@H]1C(C)C. The highest BCUT2D eigenvalue weighted by atomic mass is 16.5. The summed E-state index contributed by atoms with van der Waals surface area (Å²) in [7, 11) is 0. The Labute approximate surface area is 152 Å². The lowest BCUT2D eigenvalue weighted by molar-refractivity contribution is -0.150. The van der Waals surface area contributed by atoms with E-state index in [0.717, 1.165) is 25.7 Å². The molecule has 4 saturated carbocycles. The summed E-state index contributed by atoms with van der Waals surface area (Å²) in [6.45, 7) is 13.1. The van der Waals surface area contributed by atoms with Crippen LogP contribution in [0.25, 0.3) is 0 Å². The molecule has 0 heterocycles. The van der Waals surface area contributed by atoms with E-state index in [1.54, 1.807) is 6.92 Å². The van der Waals surface area contributed by atoms with Crippen LogP contribution in [0.15, 0.2) is 0 Å². The Balaban J connectivity index is 1.75. The zero-order valence-corrected chi connectivity index (χ0v) is 16.7. The molecule has 0 aromatic carbocycles. The molecule has 0 saturated heterocycles. The third-order valence-electron chi connectivity index (χ3n) is 8.80. The lowest BCUT2D eigenvalue weighted by Crippen LogP contribution is -2.52. The van der Waals surface area contributed by atoms with Crippen molar-refractivity contribution in [2.24, 2.45) is 45.8 Å². The molecule has 0 bridgehead atoms. The summed E-state index contributed by atoms with van der Waals surface area (Å²) in [6, 6.07) is 0. The summed E-state index contributed by atoms with van der Waals surface area (Å²) in [5.74, 6) is 3.04. The first kappa shape index (κ1) is 17.5. The number of ketones is 1. The monoisotopic (exact) mass is 346 g/mol. The largest absolute Gasteiger partial charge is 0.462 e. The van der Waals surface area contributed by atoms with Gasteiger partial charge in [0.25, 0.3) is 0 Å². The summed E-state index contributed by atoms with van der Waals surface area (Å²) in [4.78, 5) is 24.5. The number of esters is 1. The Morgan fingerprint density at radius 3 is 2.32 bits per heavy atom. The number of ether oxygens (including phenoxy) is 1. The number of rotatable bonds is 2. The Kier molecular flexibility index (Phi) is 3.58. The average molecular weight is 347 g/mol. The molecule has 25 heavy (non-hydrogen) atoms. The fourth-order valence-electron chi connectivity index (χ4n) is 7.47. The second-order valence-electron chi connectivity index (χ2n) is 10.9. The van der Waals surface area contributed by atoms with Crippen molar-refractivity contribution in [3.8, 4) is 0 Å². The van der Waals surface area contributed by atoms with Crippen molar-refractivity contribution >= 4 is 11.8 Å². The highest BCUT2D eigenvalue weighted by Gasteiger charge is 2.72. The molecular formula is C22H34O3. The lowest BCUT2D eigenvalue weighted by Gasteiger charge is -2.56. The van der Waals surface area contributed by atoms with Crippen LogP contribution in [0.3, 0.4) is 0 Å². The Morgan fingerprint density at radius 2 is 1.72 bits per heavy atom. The topological polar surface area (TPSA) is 43.4 Å². The lowest BCUT2D eigenvalue weighted by atomic mass is 9.47. The second kappa shape index (κ2) is 5.10. The van der Waals surface area contributed by atoms with Crippen molar-refractivity contribution in [3.63, 3.8) is 0 Å². The maximum absolute atomic E-state index is 12.7. The molecule has 4 aliphatic carbocycles. The van der Waals surface area contributed by atoms with Crippen LogP contribution < -0.4 is 0 Å². The number of carbonyl (C=O) groups is 2. The number of hydrogen-bond acceptors (Lipinski definition) is 3. The summed E-state index contributed by atoms with van der Waals surface area (Å²) < 4.78 is 5.84. The number of carbonyl (C=O) groups excluding carboxylic acids is 2. The van der Waals surface area contributed by atoms with Gasteiger partial charge in [0.1, 0.15) is 11.9 Å². The molecular weight excluding hydrogens is 312 g/mol. The molecule has 0 aliphatic heterocycles. The van der Waals surface area contributed by atoms with Gasteiger partial charge in [-0.25, -0.2) is 0 Å². The van der Waals surface area contributed by atoms with Crippen molar-refractivity contribution in [1.29, 1.82) is 0 Å². The van der Waals surface area contributed by atoms with E-state index < -0.39 is 0 Å². The van der Waals surface area contributed by atoms with Gasteiger partial charge in [-0.2, -0.15) is 0 Å². The normalized spacial score (nSPS) is 53.9. The first-order valence-electron chi connectivity index (χ1n) is 10.2. The van der Waals surface area contributed by atoms with Gasteiger partial charge in [0, 0.05) is 24.7 Å². The zero-order chi connectivity index (χ0) is 18.4. The summed E-state index contributed by atoms with van der Waals surface area (Å²) in [6.07, 6.45) is 5.23. The van der Waals surface area contributed by atoms with Crippen LogP contribution in [0.5, 0.6) is 0 Å². The highest BCUT2D eigenvalue weighted by molar-refractivity contribution is 5.89. The second-order valence-corrected chi connectivity index (χ2v) is 10.9. The Hall–Kier alpha value is -0.860. The van der Waals surface area contributed by atoms with Gasteiger partial charge in [-0.15, -0.1) is 0 Å². The van der Waals surface area contributed by atoms with Gasteiger partial charge < -0.3 is 4.74 Å². The predicted octanol–water partition coefficient (Wildman–Crippen LogP) is 4.63. The minimum atomic E-state index is -0.143. The molecule has 0 N–H and O–H groups in total. The molecule has 3 heteroatoms. The van der Waals surface area contributed by atoms with E-state index in [2.05, 4.69) is 34.6 Å². The van der Waals surface area contributed by atoms with Crippen molar-refractivity contribution in [3.05, 3.63) is 0 Å². The van der Waals surface area contributed by atoms with Gasteiger partial charge >= 0.3 is 5.97 Å². The van der Waals surface area contributed by atoms with Gasteiger partial charge in [0.05, 0.1) is 0 Å². The molecule has 8 atom stereocenters. The van der Waals surface area contributed by atoms with Crippen molar-refractivity contribution in [2.45, 2.75) is 79.8 Å². The molecule has 0 spiro atoms. The van der Waals surface area contributed by atoms with E-state index in [4.69, 9.17) is 4.74 Å². The molecule has 3 nitrogen and oxygen atoms in total. The van der Waals surface area contributed by atoms with Crippen LogP contribution in [-0.2, 0) is 14.3 Å². The molecule has 0 amide bonds. The van der Waals surface area contributed by atoms with Crippen LogP contribution in [0, 0.1) is 45.8 Å². The van der Waals surface area contributed by atoms with Crippen LogP contribution in [-0.4, -0.2) is 17.9 Å². The first-order valence-corrected chi connectivity index (χ1v) is 10.2. The average Bonchev–Trinajstić information content (AvgIpc) is 3.06. The Morgan fingerprint density at radius 1 is 1.08 bits per heavy atom. The number of hydrogen-bond donors (Lipinski definition) is 0. The van der Waals surface area contributed by atoms with Crippen LogP contribution in [0.2, 0.25) is 0 Å². The summed E-state index contributed by atoms with van der Waals surface area (Å²) in [5.41, 5.74) is 0.354. The van der Waals surface area contributed by atoms with Crippen LogP contribution >= 0.6 is 0 Å². The van der Waals surface area contributed by atoms with Crippen LogP contribution in [0.4, 0.5) is 0 Å². The number of fused-ring (bicyclic) bond motifs is 5. The van der Waals surface area contributed by atoms with Crippen molar-refractivity contribution < 1.29 is 14.3 Å². The molecule has 4 rings (SSSR count). The first-order chi connectivity index (χ1) is 11.5. The number of Topliss-reactive ketones (excluding diaryl/α,β-unsaturated/α-hetero) is 1. The third-order valence-corrected chi connectivity index (χ3v) is 8.80. The van der Waals surface area contributed by atoms with E-state index in [9.17, 15) is 9.59 Å². The predicted molar refractivity (Wildman–Crippen MR) is 96.8 cm³/mol. The van der Waals surface area contributed by atoms with Gasteiger partial charge in [0.15, 0.2) is 0 Å². The molecule has 0 aromatic rings. The van der Waals surface area contributed by atoms with Crippen molar-refractivity contribution in [2.75, 3.05) is 0 Å². The van der Waals surface area contributed by atoms with E-state index >= 15 is 0 Å². The van der Waals surface area contributed by atoms with E-state index in [-0.39, 0.29) is 28.3 Å². The van der Waals surface area contributed by atoms with Gasteiger partial charge in [-0.3, -0.25) is 9.59 Å². The smallest absolute Gasteiger partial charge is 0.302 e. The maximum atomic E-state index is 12.7. The van der Waals surface area contributed by atoms with E-state index in [1.165, 1.54) is 6.42 Å². The molecule has 0 unspecified atom stereocenters. The summed E-state index contributed by atoms with van der Waals surface area (Å²) in [5, 5.41) is 0. The highest BCUT2D eigenvalue weighted by Crippen LogP contribution is 2.75. The van der Waals surface area contributed by atoms with Gasteiger partial charge in [-0.1, -0.05) is 34.6 Å². The standard InChI is InChI=1S/C22H34O3/c1-12(2)17-15(25-13(3)23)10-20(4)7-8-21(5)11-16(24)22(6)9-14(22)18(21)19(17)20/h12,14-15,17-19H,7-11H2,1-6H3/t14-,15+,17-,18+,19+,20-,21-,22-/m0/s1. The Bertz CT molecular complexity index is 625. The van der Waals surface area contributed by atoms with E-state index in [1.807, 2.05) is 0 Å². The molecule has 0 radical (unpaired) electrons. The quantitative estimate of drug-likeness (QED) is 0.685. The van der Waals surface area contributed by atoms with Crippen molar-refractivity contribution in [1.82, 2.24) is 0 Å². The molecule has 4 fully saturated rings. The van der Waals surface area contributed by atoms with Crippen LogP contribution in [0.1, 0.15) is 73.6 Å². The molecule has 4 aliphatic rings. The minimum Gasteiger partial charge on any atom is -0.462 e. The molecule has 0 aromatic heterocycles. The fourth-order valence-corrected chi connectivity index (χ4v) is 7.47. The maximum Gasteiger partial charge on any atom is 0.302 e. The molecule has 140 valence electrons. The minimum absolute atomic E-state index is 0.0521. The zero-order valence-electron chi connectivity index (χ0n) is 16.7.